The molecule has 0 saturated carbocycles. The third kappa shape index (κ3) is 3.72. The number of hydrogen-bond acceptors (Lipinski definition) is 2. The molecule has 0 saturated heterocycles. The van der Waals surface area contributed by atoms with E-state index >= 15 is 0 Å². The van der Waals surface area contributed by atoms with Crippen molar-refractivity contribution in [1.29, 1.82) is 0 Å². The standard InChI is InChI=1S/C23H14Cl2F3NO3/c24-12-6-7-15(16(25)9-12)21-18(23(31)32)13-3-1-2-4-14(13)22(30)29(21)10-11-5-8-17(26)20(28)19(11)27/h1-9,18,21H,10H2,(H,31,32). The zero-order valence-corrected chi connectivity index (χ0v) is 17.7. The first-order chi connectivity index (χ1) is 15.2. The predicted molar refractivity (Wildman–Crippen MR) is 112 cm³/mol. The van der Waals surface area contributed by atoms with Gasteiger partial charge in [-0.05, 0) is 35.4 Å². The lowest BCUT2D eigenvalue weighted by Crippen LogP contribution is -2.44. The molecule has 32 heavy (non-hydrogen) atoms. The van der Waals surface area contributed by atoms with E-state index in [-0.39, 0.29) is 27.3 Å². The normalized spacial score (nSPS) is 17.9. The lowest BCUT2D eigenvalue weighted by Gasteiger charge is -2.41. The number of hydrogen-bond donors (Lipinski definition) is 1. The molecule has 4 nitrogen and oxygen atoms in total. The Morgan fingerprint density at radius 1 is 0.969 bits per heavy atom. The van der Waals surface area contributed by atoms with Crippen LogP contribution in [0, 0.1) is 17.5 Å². The molecule has 3 aromatic rings. The zero-order chi connectivity index (χ0) is 23.2. The number of benzene rings is 3. The van der Waals surface area contributed by atoms with E-state index in [2.05, 4.69) is 0 Å². The third-order valence-corrected chi connectivity index (χ3v) is 6.00. The van der Waals surface area contributed by atoms with Crippen LogP contribution in [0.1, 0.15) is 39.0 Å². The number of amides is 1. The van der Waals surface area contributed by atoms with E-state index in [0.717, 1.165) is 17.0 Å². The maximum atomic E-state index is 14.4. The van der Waals surface area contributed by atoms with Gasteiger partial charge in [-0.25, -0.2) is 13.2 Å². The number of carbonyl (C=O) groups excluding carboxylic acids is 1. The number of rotatable bonds is 4. The maximum Gasteiger partial charge on any atom is 0.313 e. The Morgan fingerprint density at radius 3 is 2.38 bits per heavy atom. The molecule has 0 aromatic heterocycles. The lowest BCUT2D eigenvalue weighted by molar-refractivity contribution is -0.140. The molecule has 1 aliphatic rings. The number of carboxylic acid groups (broad SMARTS) is 1. The summed E-state index contributed by atoms with van der Waals surface area (Å²) in [5.41, 5.74) is 0.345. The van der Waals surface area contributed by atoms with Crippen LogP contribution in [0.15, 0.2) is 54.6 Å². The van der Waals surface area contributed by atoms with Crippen LogP contribution in [0.25, 0.3) is 0 Å². The van der Waals surface area contributed by atoms with Crippen LogP contribution in [0.3, 0.4) is 0 Å². The van der Waals surface area contributed by atoms with E-state index in [1.165, 1.54) is 30.3 Å². The van der Waals surface area contributed by atoms with Crippen molar-refractivity contribution in [2.45, 2.75) is 18.5 Å². The number of carboxylic acids is 1. The van der Waals surface area contributed by atoms with Crippen LogP contribution in [0.5, 0.6) is 0 Å². The summed E-state index contributed by atoms with van der Waals surface area (Å²) in [5, 5.41) is 10.5. The molecule has 1 heterocycles. The Morgan fingerprint density at radius 2 is 1.69 bits per heavy atom. The Balaban J connectivity index is 1.93. The number of aliphatic carboxylic acids is 1. The second-order valence-corrected chi connectivity index (χ2v) is 8.12. The first-order valence-electron chi connectivity index (χ1n) is 9.40. The second kappa shape index (κ2) is 8.48. The average molecular weight is 480 g/mol. The van der Waals surface area contributed by atoms with Crippen molar-refractivity contribution in [2.24, 2.45) is 0 Å². The Kier molecular flexibility index (Phi) is 5.88. The lowest BCUT2D eigenvalue weighted by atomic mass is 9.79. The molecular formula is C23H14Cl2F3NO3. The van der Waals surface area contributed by atoms with Crippen molar-refractivity contribution in [3.05, 3.63) is 104 Å². The Bertz CT molecular complexity index is 1250. The van der Waals surface area contributed by atoms with E-state index < -0.39 is 47.8 Å². The van der Waals surface area contributed by atoms with Gasteiger partial charge in [0.2, 0.25) is 0 Å². The maximum absolute atomic E-state index is 14.4. The molecule has 164 valence electrons. The minimum absolute atomic E-state index is 0.108. The first kappa shape index (κ1) is 22.2. The molecular weight excluding hydrogens is 466 g/mol. The summed E-state index contributed by atoms with van der Waals surface area (Å²) in [7, 11) is 0. The molecule has 1 aliphatic heterocycles. The highest BCUT2D eigenvalue weighted by Crippen LogP contribution is 2.46. The van der Waals surface area contributed by atoms with E-state index in [1.807, 2.05) is 0 Å². The first-order valence-corrected chi connectivity index (χ1v) is 10.2. The number of fused-ring (bicyclic) bond motifs is 1. The van der Waals surface area contributed by atoms with Crippen molar-refractivity contribution in [3.63, 3.8) is 0 Å². The van der Waals surface area contributed by atoms with E-state index in [4.69, 9.17) is 23.2 Å². The largest absolute Gasteiger partial charge is 0.481 e. The van der Waals surface area contributed by atoms with Gasteiger partial charge in [-0.2, -0.15) is 0 Å². The van der Waals surface area contributed by atoms with E-state index in [1.54, 1.807) is 12.1 Å². The quantitative estimate of drug-likeness (QED) is 0.468. The van der Waals surface area contributed by atoms with Crippen LogP contribution < -0.4 is 0 Å². The summed E-state index contributed by atoms with van der Waals surface area (Å²) >= 11 is 12.3. The molecule has 9 heteroatoms. The summed E-state index contributed by atoms with van der Waals surface area (Å²) in [5.74, 6) is -7.60. The van der Waals surface area contributed by atoms with Crippen molar-refractivity contribution < 1.29 is 27.9 Å². The minimum atomic E-state index is -1.68. The van der Waals surface area contributed by atoms with Crippen LogP contribution in [-0.2, 0) is 11.3 Å². The number of nitrogens with zero attached hydrogens (tertiary/aromatic N) is 1. The molecule has 3 aromatic carbocycles. The fraction of sp³-hybridized carbons (Fsp3) is 0.130. The van der Waals surface area contributed by atoms with Crippen molar-refractivity contribution in [2.75, 3.05) is 0 Å². The van der Waals surface area contributed by atoms with Gasteiger partial charge in [0.05, 0.1) is 6.04 Å². The molecule has 0 aliphatic carbocycles. The molecule has 2 unspecified atom stereocenters. The van der Waals surface area contributed by atoms with Gasteiger partial charge in [-0.1, -0.05) is 53.5 Å². The van der Waals surface area contributed by atoms with Gasteiger partial charge in [0.15, 0.2) is 17.5 Å². The molecule has 0 spiro atoms. The van der Waals surface area contributed by atoms with E-state index in [9.17, 15) is 27.9 Å². The summed E-state index contributed by atoms with van der Waals surface area (Å²) < 4.78 is 41.7. The van der Waals surface area contributed by atoms with Crippen LogP contribution in [-0.4, -0.2) is 21.9 Å². The van der Waals surface area contributed by atoms with Gasteiger partial charge in [0.25, 0.3) is 5.91 Å². The summed E-state index contributed by atoms with van der Waals surface area (Å²) in [4.78, 5) is 26.8. The van der Waals surface area contributed by atoms with Crippen molar-refractivity contribution in [1.82, 2.24) is 4.90 Å². The van der Waals surface area contributed by atoms with E-state index in [0.29, 0.717) is 5.02 Å². The van der Waals surface area contributed by atoms with Gasteiger partial charge in [-0.15, -0.1) is 0 Å². The monoisotopic (exact) mass is 479 g/mol. The fourth-order valence-electron chi connectivity index (χ4n) is 3.99. The van der Waals surface area contributed by atoms with Crippen molar-refractivity contribution >= 4 is 35.1 Å². The molecule has 0 bridgehead atoms. The fourth-order valence-corrected chi connectivity index (χ4v) is 4.51. The third-order valence-electron chi connectivity index (χ3n) is 5.44. The average Bonchev–Trinajstić information content (AvgIpc) is 2.75. The molecule has 1 amide bonds. The summed E-state index contributed by atoms with van der Waals surface area (Å²) in [6.07, 6.45) is 0. The second-order valence-electron chi connectivity index (χ2n) is 7.28. The Labute approximate surface area is 190 Å². The van der Waals surface area contributed by atoms with Gasteiger partial charge in [0.1, 0.15) is 5.92 Å². The van der Waals surface area contributed by atoms with Crippen LogP contribution in [0.4, 0.5) is 13.2 Å². The molecule has 1 N–H and O–H groups in total. The van der Waals surface area contributed by atoms with Crippen LogP contribution >= 0.6 is 23.2 Å². The predicted octanol–water partition coefficient (Wildman–Crippen LogP) is 5.98. The number of carbonyl (C=O) groups is 2. The smallest absolute Gasteiger partial charge is 0.313 e. The van der Waals surface area contributed by atoms with Crippen LogP contribution in [0.2, 0.25) is 10.0 Å². The highest BCUT2D eigenvalue weighted by molar-refractivity contribution is 6.35. The van der Waals surface area contributed by atoms with Gasteiger partial charge >= 0.3 is 5.97 Å². The zero-order valence-electron chi connectivity index (χ0n) is 16.2. The van der Waals surface area contributed by atoms with Crippen molar-refractivity contribution in [3.8, 4) is 0 Å². The highest BCUT2D eigenvalue weighted by atomic mass is 35.5. The highest BCUT2D eigenvalue weighted by Gasteiger charge is 2.45. The number of halogens is 5. The van der Waals surface area contributed by atoms with Gasteiger partial charge in [0, 0.05) is 27.7 Å². The molecule has 0 radical (unpaired) electrons. The molecule has 2 atom stereocenters. The van der Waals surface area contributed by atoms with Gasteiger partial charge in [-0.3, -0.25) is 9.59 Å². The minimum Gasteiger partial charge on any atom is -0.481 e. The molecule has 0 fully saturated rings. The topological polar surface area (TPSA) is 57.6 Å². The SMILES string of the molecule is O=C(O)C1c2ccccc2C(=O)N(Cc2ccc(F)c(F)c2F)C1c1ccc(Cl)cc1Cl. The molecule has 4 rings (SSSR count). The van der Waals surface area contributed by atoms with Gasteiger partial charge < -0.3 is 10.0 Å². The Hall–Kier alpha value is -3.03. The summed E-state index contributed by atoms with van der Waals surface area (Å²) in [6.45, 7) is -0.510. The summed E-state index contributed by atoms with van der Waals surface area (Å²) in [6, 6.07) is 11.1.